The van der Waals surface area contributed by atoms with Crippen molar-refractivity contribution < 1.29 is 18.7 Å². The Labute approximate surface area is 152 Å². The maximum absolute atomic E-state index is 12.9. The molecule has 2 aromatic rings. The Kier molecular flexibility index (Phi) is 5.27. The van der Waals surface area contributed by atoms with E-state index in [9.17, 15) is 9.18 Å². The zero-order chi connectivity index (χ0) is 18.8. The lowest BCUT2D eigenvalue weighted by atomic mass is 9.99. The summed E-state index contributed by atoms with van der Waals surface area (Å²) in [5.41, 5.74) is 2.41. The summed E-state index contributed by atoms with van der Waals surface area (Å²) in [7, 11) is 3.56. The largest absolute Gasteiger partial charge is 0.492 e. The molecule has 140 valence electrons. The predicted molar refractivity (Wildman–Crippen MR) is 94.7 cm³/mol. The quantitative estimate of drug-likeness (QED) is 0.822. The molecule has 3 rings (SSSR count). The Morgan fingerprint density at radius 3 is 2.77 bits per heavy atom. The van der Waals surface area contributed by atoms with E-state index in [1.165, 1.54) is 12.1 Å². The van der Waals surface area contributed by atoms with E-state index >= 15 is 0 Å². The van der Waals surface area contributed by atoms with Crippen LogP contribution >= 0.6 is 0 Å². The summed E-state index contributed by atoms with van der Waals surface area (Å²) in [5.74, 6) is 0.130. The first-order valence-electron chi connectivity index (χ1n) is 8.72. The molecule has 6 nitrogen and oxygen atoms in total. The van der Waals surface area contributed by atoms with Crippen LogP contribution in [0.1, 0.15) is 41.7 Å². The lowest BCUT2D eigenvalue weighted by molar-refractivity contribution is -0.00906. The zero-order valence-corrected chi connectivity index (χ0v) is 15.5. The monoisotopic (exact) mass is 361 g/mol. The van der Waals surface area contributed by atoms with E-state index in [1.807, 2.05) is 20.9 Å². The van der Waals surface area contributed by atoms with Crippen molar-refractivity contribution in [2.75, 3.05) is 20.2 Å². The van der Waals surface area contributed by atoms with Crippen LogP contribution in [0.25, 0.3) is 0 Å². The molecule has 1 aromatic carbocycles. The van der Waals surface area contributed by atoms with Crippen molar-refractivity contribution in [2.24, 2.45) is 7.05 Å². The third-order valence-electron chi connectivity index (χ3n) is 4.57. The molecular weight excluding hydrogens is 337 g/mol. The molecular formula is C19H24FN3O3. The Morgan fingerprint density at radius 2 is 2.08 bits per heavy atom. The first-order valence-corrected chi connectivity index (χ1v) is 8.72. The highest BCUT2D eigenvalue weighted by Crippen LogP contribution is 2.32. The Morgan fingerprint density at radius 1 is 1.38 bits per heavy atom. The van der Waals surface area contributed by atoms with Gasteiger partial charge in [0.2, 0.25) is 0 Å². The molecule has 0 spiro atoms. The fraction of sp³-hybridized carbons (Fsp3) is 0.474. The maximum atomic E-state index is 12.9. The summed E-state index contributed by atoms with van der Waals surface area (Å²) >= 11 is 0. The highest BCUT2D eigenvalue weighted by Gasteiger charge is 2.32. The molecule has 0 N–H and O–H groups in total. The van der Waals surface area contributed by atoms with E-state index < -0.39 is 0 Å². The minimum absolute atomic E-state index is 0.0559. The van der Waals surface area contributed by atoms with E-state index in [0.717, 1.165) is 11.3 Å². The topological polar surface area (TPSA) is 56.6 Å². The van der Waals surface area contributed by atoms with Gasteiger partial charge in [0.1, 0.15) is 18.2 Å². The molecule has 0 fully saturated rings. The van der Waals surface area contributed by atoms with E-state index in [0.29, 0.717) is 31.0 Å². The van der Waals surface area contributed by atoms with Gasteiger partial charge < -0.3 is 14.4 Å². The smallest absolute Gasteiger partial charge is 0.274 e. The highest BCUT2D eigenvalue weighted by molar-refractivity contribution is 5.94. The van der Waals surface area contributed by atoms with Crippen LogP contribution in [0.2, 0.25) is 0 Å². The Hall–Kier alpha value is -2.41. The molecule has 0 radical (unpaired) electrons. The van der Waals surface area contributed by atoms with Gasteiger partial charge >= 0.3 is 0 Å². The van der Waals surface area contributed by atoms with E-state index in [1.54, 1.807) is 28.8 Å². The van der Waals surface area contributed by atoms with Crippen molar-refractivity contribution in [1.82, 2.24) is 14.7 Å². The fourth-order valence-corrected chi connectivity index (χ4v) is 3.32. The van der Waals surface area contributed by atoms with Crippen molar-refractivity contribution >= 4 is 5.91 Å². The molecule has 7 heteroatoms. The Balaban J connectivity index is 1.65. The number of benzene rings is 1. The number of aromatic nitrogens is 2. The fourth-order valence-electron chi connectivity index (χ4n) is 3.32. The number of fused-ring (bicyclic) bond motifs is 1. The number of hydrogen-bond acceptors (Lipinski definition) is 4. The van der Waals surface area contributed by atoms with Crippen LogP contribution in [0.4, 0.5) is 4.39 Å². The molecule has 2 atom stereocenters. The van der Waals surface area contributed by atoms with Crippen molar-refractivity contribution in [3.63, 3.8) is 0 Å². The van der Waals surface area contributed by atoms with Gasteiger partial charge in [-0.2, -0.15) is 5.10 Å². The summed E-state index contributed by atoms with van der Waals surface area (Å²) in [4.78, 5) is 14.4. The van der Waals surface area contributed by atoms with Gasteiger partial charge in [0, 0.05) is 26.1 Å². The lowest BCUT2D eigenvalue weighted by Gasteiger charge is -2.26. The third kappa shape index (κ3) is 3.72. The van der Waals surface area contributed by atoms with Crippen LogP contribution in [-0.4, -0.2) is 46.9 Å². The van der Waals surface area contributed by atoms with Crippen molar-refractivity contribution in [3.8, 4) is 5.75 Å². The van der Waals surface area contributed by atoms with Gasteiger partial charge in [0.25, 0.3) is 5.91 Å². The Bertz CT molecular complexity index is 788. The molecule has 1 amide bonds. The minimum atomic E-state index is -0.308. The van der Waals surface area contributed by atoms with Gasteiger partial charge in [-0.25, -0.2) is 4.39 Å². The van der Waals surface area contributed by atoms with Crippen LogP contribution in [-0.2, 0) is 18.2 Å². The van der Waals surface area contributed by atoms with Gasteiger partial charge in [-0.15, -0.1) is 0 Å². The molecule has 0 saturated carbocycles. The second-order valence-corrected chi connectivity index (χ2v) is 6.66. The summed E-state index contributed by atoms with van der Waals surface area (Å²) in [5, 5.41) is 4.44. The third-order valence-corrected chi connectivity index (χ3v) is 4.57. The van der Waals surface area contributed by atoms with Gasteiger partial charge in [0.15, 0.2) is 5.69 Å². The second kappa shape index (κ2) is 7.45. The van der Waals surface area contributed by atoms with Crippen LogP contribution in [0.15, 0.2) is 24.3 Å². The van der Waals surface area contributed by atoms with Gasteiger partial charge in [-0.1, -0.05) is 0 Å². The van der Waals surface area contributed by atoms with E-state index in [-0.39, 0.29) is 23.9 Å². The predicted octanol–water partition coefficient (Wildman–Crippen LogP) is 2.73. The van der Waals surface area contributed by atoms with E-state index in [2.05, 4.69) is 5.10 Å². The average Bonchev–Trinajstić information content (AvgIpc) is 2.92. The number of halogens is 1. The normalized spacial score (nSPS) is 19.1. The van der Waals surface area contributed by atoms with Crippen LogP contribution in [0.3, 0.4) is 0 Å². The number of amides is 1. The number of rotatable bonds is 5. The first kappa shape index (κ1) is 18.4. The number of likely N-dealkylation sites (N-methyl/N-ethyl adjacent to an activating group) is 1. The van der Waals surface area contributed by atoms with E-state index in [4.69, 9.17) is 9.47 Å². The number of aryl methyl sites for hydroxylation is 1. The number of nitrogens with zero attached hydrogens (tertiary/aromatic N) is 3. The number of hydrogen-bond donors (Lipinski definition) is 0. The average molecular weight is 361 g/mol. The number of ether oxygens (including phenoxy) is 2. The van der Waals surface area contributed by atoms with Gasteiger partial charge in [-0.05, 0) is 38.1 Å². The molecule has 26 heavy (non-hydrogen) atoms. The minimum Gasteiger partial charge on any atom is -0.492 e. The summed E-state index contributed by atoms with van der Waals surface area (Å²) < 4.78 is 26.0. The van der Waals surface area contributed by atoms with Crippen molar-refractivity contribution in [3.05, 3.63) is 47.0 Å². The molecule has 1 aromatic heterocycles. The summed E-state index contributed by atoms with van der Waals surface area (Å²) in [6.07, 6.45) is 0.648. The highest BCUT2D eigenvalue weighted by atomic mass is 19.1. The molecule has 1 aliphatic rings. The lowest BCUT2D eigenvalue weighted by Crippen LogP contribution is -2.32. The number of carbonyl (C=O) groups is 1. The first-order chi connectivity index (χ1) is 12.4. The standard InChI is InChI=1S/C19H24FN3O3/c1-12-11-16-17(21-23(4)18(16)13(2)26-12)19(24)22(3)9-10-25-15-7-5-14(20)6-8-15/h5-8,12-13H,9-11H2,1-4H3/t12-,13+/m1/s1. The molecule has 0 unspecified atom stereocenters. The maximum Gasteiger partial charge on any atom is 0.274 e. The molecule has 2 heterocycles. The van der Waals surface area contributed by atoms with Crippen molar-refractivity contribution in [2.45, 2.75) is 32.5 Å². The van der Waals surface area contributed by atoms with Crippen LogP contribution in [0, 0.1) is 5.82 Å². The van der Waals surface area contributed by atoms with Gasteiger partial charge in [-0.3, -0.25) is 9.48 Å². The van der Waals surface area contributed by atoms with Gasteiger partial charge in [0.05, 0.1) is 24.4 Å². The molecule has 0 aliphatic carbocycles. The molecule has 1 aliphatic heterocycles. The van der Waals surface area contributed by atoms with Crippen LogP contribution < -0.4 is 4.74 Å². The summed E-state index contributed by atoms with van der Waals surface area (Å²) in [6, 6.07) is 5.81. The number of carbonyl (C=O) groups excluding carboxylic acids is 1. The molecule has 0 saturated heterocycles. The van der Waals surface area contributed by atoms with Crippen LogP contribution in [0.5, 0.6) is 5.75 Å². The zero-order valence-electron chi connectivity index (χ0n) is 15.5. The van der Waals surface area contributed by atoms with Crippen molar-refractivity contribution in [1.29, 1.82) is 0 Å². The summed E-state index contributed by atoms with van der Waals surface area (Å²) in [6.45, 7) is 4.70. The second-order valence-electron chi connectivity index (χ2n) is 6.66. The SMILES string of the molecule is C[C@@H]1Cc2c(C(=O)N(C)CCOc3ccc(F)cc3)nn(C)c2[C@H](C)O1. The molecule has 0 bridgehead atoms.